The SMILES string of the molecule is CC(C)N(C)CC(=O)NC[C@]1(O)CCSC1. The van der Waals surface area contributed by atoms with Gasteiger partial charge in [-0.1, -0.05) is 0 Å². The molecule has 1 amide bonds. The fraction of sp³-hybridized carbons (Fsp3) is 0.909. The van der Waals surface area contributed by atoms with Crippen molar-refractivity contribution in [2.45, 2.75) is 31.9 Å². The molecule has 1 saturated heterocycles. The fourth-order valence-electron chi connectivity index (χ4n) is 1.46. The van der Waals surface area contributed by atoms with Gasteiger partial charge in [0.1, 0.15) is 0 Å². The molecule has 5 heteroatoms. The van der Waals surface area contributed by atoms with Gasteiger partial charge in [0.15, 0.2) is 0 Å². The number of likely N-dealkylation sites (N-methyl/N-ethyl adjacent to an activating group) is 1. The van der Waals surface area contributed by atoms with Gasteiger partial charge in [0.05, 0.1) is 12.1 Å². The molecule has 0 aromatic rings. The van der Waals surface area contributed by atoms with Crippen LogP contribution < -0.4 is 5.32 Å². The van der Waals surface area contributed by atoms with E-state index in [2.05, 4.69) is 19.2 Å². The maximum absolute atomic E-state index is 11.6. The molecular formula is C11H22N2O2S. The summed E-state index contributed by atoms with van der Waals surface area (Å²) in [6.45, 7) is 4.87. The smallest absolute Gasteiger partial charge is 0.234 e. The van der Waals surface area contributed by atoms with Crippen molar-refractivity contribution in [3.05, 3.63) is 0 Å². The van der Waals surface area contributed by atoms with Gasteiger partial charge < -0.3 is 10.4 Å². The van der Waals surface area contributed by atoms with Crippen molar-refractivity contribution in [3.63, 3.8) is 0 Å². The molecule has 0 aromatic carbocycles. The van der Waals surface area contributed by atoms with Crippen LogP contribution in [0.4, 0.5) is 0 Å². The molecule has 1 fully saturated rings. The molecule has 4 nitrogen and oxygen atoms in total. The van der Waals surface area contributed by atoms with Gasteiger partial charge in [-0.05, 0) is 33.1 Å². The van der Waals surface area contributed by atoms with E-state index in [0.717, 1.165) is 17.9 Å². The Morgan fingerprint density at radius 2 is 2.31 bits per heavy atom. The number of carbonyl (C=O) groups is 1. The van der Waals surface area contributed by atoms with Gasteiger partial charge in [-0.15, -0.1) is 0 Å². The van der Waals surface area contributed by atoms with Crippen LogP contribution in [0.2, 0.25) is 0 Å². The zero-order chi connectivity index (χ0) is 12.2. The predicted molar refractivity (Wildman–Crippen MR) is 67.7 cm³/mol. The van der Waals surface area contributed by atoms with Crippen LogP contribution in [0.25, 0.3) is 0 Å². The lowest BCUT2D eigenvalue weighted by Gasteiger charge is -2.24. The predicted octanol–water partition coefficient (Wildman–Crippen LogP) is 0.311. The number of hydrogen-bond acceptors (Lipinski definition) is 4. The average molecular weight is 246 g/mol. The van der Waals surface area contributed by atoms with Crippen molar-refractivity contribution >= 4 is 17.7 Å². The summed E-state index contributed by atoms with van der Waals surface area (Å²) < 4.78 is 0. The quantitative estimate of drug-likeness (QED) is 0.733. The van der Waals surface area contributed by atoms with Crippen molar-refractivity contribution in [1.82, 2.24) is 10.2 Å². The van der Waals surface area contributed by atoms with Crippen molar-refractivity contribution in [3.8, 4) is 0 Å². The summed E-state index contributed by atoms with van der Waals surface area (Å²) in [7, 11) is 1.92. The maximum Gasteiger partial charge on any atom is 0.234 e. The molecule has 0 saturated carbocycles. The van der Waals surface area contributed by atoms with Gasteiger partial charge in [0, 0.05) is 18.3 Å². The monoisotopic (exact) mass is 246 g/mol. The summed E-state index contributed by atoms with van der Waals surface area (Å²) in [4.78, 5) is 13.6. The van der Waals surface area contributed by atoms with E-state index in [-0.39, 0.29) is 5.91 Å². The minimum atomic E-state index is -0.684. The Morgan fingerprint density at radius 1 is 1.62 bits per heavy atom. The number of nitrogens with one attached hydrogen (secondary N) is 1. The molecule has 0 spiro atoms. The molecular weight excluding hydrogens is 224 g/mol. The van der Waals surface area contributed by atoms with Gasteiger partial charge in [-0.25, -0.2) is 0 Å². The van der Waals surface area contributed by atoms with Crippen LogP contribution in [-0.4, -0.2) is 59.2 Å². The highest BCUT2D eigenvalue weighted by Crippen LogP contribution is 2.26. The largest absolute Gasteiger partial charge is 0.387 e. The molecule has 1 rings (SSSR count). The highest BCUT2D eigenvalue weighted by atomic mass is 32.2. The van der Waals surface area contributed by atoms with Crippen molar-refractivity contribution in [2.75, 3.05) is 31.6 Å². The van der Waals surface area contributed by atoms with Gasteiger partial charge in [0.2, 0.25) is 5.91 Å². The minimum Gasteiger partial charge on any atom is -0.387 e. The molecule has 0 radical (unpaired) electrons. The van der Waals surface area contributed by atoms with E-state index in [1.165, 1.54) is 0 Å². The van der Waals surface area contributed by atoms with Crippen LogP contribution in [0.3, 0.4) is 0 Å². The highest BCUT2D eigenvalue weighted by molar-refractivity contribution is 7.99. The van der Waals surface area contributed by atoms with Crippen LogP contribution in [0.15, 0.2) is 0 Å². The third kappa shape index (κ3) is 4.31. The Balaban J connectivity index is 2.24. The minimum absolute atomic E-state index is 0.0125. The standard InChI is InChI=1S/C11H22N2O2S/c1-9(2)13(3)6-10(14)12-7-11(15)4-5-16-8-11/h9,15H,4-8H2,1-3H3,(H,12,14)/t11-/m1/s1. The van der Waals surface area contributed by atoms with E-state index in [9.17, 15) is 9.90 Å². The zero-order valence-electron chi connectivity index (χ0n) is 10.3. The lowest BCUT2D eigenvalue weighted by molar-refractivity contribution is -0.123. The summed E-state index contributed by atoms with van der Waals surface area (Å²) in [6.07, 6.45) is 0.776. The van der Waals surface area contributed by atoms with Crippen molar-refractivity contribution < 1.29 is 9.90 Å². The molecule has 2 N–H and O–H groups in total. The molecule has 0 unspecified atom stereocenters. The molecule has 1 aliphatic rings. The van der Waals surface area contributed by atoms with Crippen LogP contribution in [0.1, 0.15) is 20.3 Å². The third-order valence-electron chi connectivity index (χ3n) is 2.97. The van der Waals surface area contributed by atoms with Gasteiger partial charge in [-0.2, -0.15) is 11.8 Å². The van der Waals surface area contributed by atoms with E-state index in [0.29, 0.717) is 19.1 Å². The molecule has 0 aliphatic carbocycles. The molecule has 0 bridgehead atoms. The molecule has 16 heavy (non-hydrogen) atoms. The Kier molecular flexibility index (Phi) is 5.08. The number of hydrogen-bond donors (Lipinski definition) is 2. The second-order valence-corrected chi connectivity index (χ2v) is 5.92. The number of thioether (sulfide) groups is 1. The second kappa shape index (κ2) is 5.89. The third-order valence-corrected chi connectivity index (χ3v) is 4.21. The van der Waals surface area contributed by atoms with Crippen molar-refractivity contribution in [1.29, 1.82) is 0 Å². The van der Waals surface area contributed by atoms with Gasteiger partial charge in [0.25, 0.3) is 0 Å². The fourth-order valence-corrected chi connectivity index (χ4v) is 2.76. The first kappa shape index (κ1) is 13.8. The lowest BCUT2D eigenvalue weighted by atomic mass is 10.0. The number of amides is 1. The zero-order valence-corrected chi connectivity index (χ0v) is 11.1. The normalized spacial score (nSPS) is 25.4. The Bertz CT molecular complexity index is 240. The first-order valence-electron chi connectivity index (χ1n) is 5.70. The van der Waals surface area contributed by atoms with Crippen LogP contribution >= 0.6 is 11.8 Å². The average Bonchev–Trinajstić information content (AvgIpc) is 2.63. The van der Waals surface area contributed by atoms with Gasteiger partial charge >= 0.3 is 0 Å². The summed E-state index contributed by atoms with van der Waals surface area (Å²) in [6, 6.07) is 0.357. The molecule has 1 atom stereocenters. The molecule has 1 aliphatic heterocycles. The molecule has 0 aromatic heterocycles. The molecule has 94 valence electrons. The Labute approximate surface area is 102 Å². The summed E-state index contributed by atoms with van der Waals surface area (Å²) in [5.74, 6) is 1.70. The first-order valence-corrected chi connectivity index (χ1v) is 6.85. The van der Waals surface area contributed by atoms with Crippen LogP contribution in [0, 0.1) is 0 Å². The Hall–Kier alpha value is -0.260. The van der Waals surface area contributed by atoms with Gasteiger partial charge in [-0.3, -0.25) is 9.69 Å². The van der Waals surface area contributed by atoms with Crippen LogP contribution in [-0.2, 0) is 4.79 Å². The van der Waals surface area contributed by atoms with E-state index >= 15 is 0 Å². The summed E-state index contributed by atoms with van der Waals surface area (Å²) in [5.41, 5.74) is -0.684. The number of nitrogens with zero attached hydrogens (tertiary/aromatic N) is 1. The second-order valence-electron chi connectivity index (χ2n) is 4.81. The van der Waals surface area contributed by atoms with E-state index < -0.39 is 5.60 Å². The van der Waals surface area contributed by atoms with E-state index in [1.807, 2.05) is 11.9 Å². The van der Waals surface area contributed by atoms with E-state index in [1.54, 1.807) is 11.8 Å². The highest BCUT2D eigenvalue weighted by Gasteiger charge is 2.31. The summed E-state index contributed by atoms with van der Waals surface area (Å²) in [5, 5.41) is 12.8. The summed E-state index contributed by atoms with van der Waals surface area (Å²) >= 11 is 1.74. The first-order chi connectivity index (χ1) is 7.43. The maximum atomic E-state index is 11.6. The van der Waals surface area contributed by atoms with E-state index in [4.69, 9.17) is 0 Å². The lowest BCUT2D eigenvalue weighted by Crippen LogP contribution is -2.46. The van der Waals surface area contributed by atoms with Crippen LogP contribution in [0.5, 0.6) is 0 Å². The number of carbonyl (C=O) groups excluding carboxylic acids is 1. The molecule has 1 heterocycles. The van der Waals surface area contributed by atoms with Crippen molar-refractivity contribution in [2.24, 2.45) is 0 Å². The number of aliphatic hydroxyl groups is 1. The Morgan fingerprint density at radius 3 is 2.81 bits per heavy atom. The topological polar surface area (TPSA) is 52.6 Å². The number of rotatable bonds is 5.